The van der Waals surface area contributed by atoms with Crippen molar-refractivity contribution in [2.75, 3.05) is 0 Å². The molecular weight excluding hydrogens is 892 g/mol. The molecule has 2 aliphatic rings. The summed E-state index contributed by atoms with van der Waals surface area (Å²) < 4.78 is 13.2. The molecule has 3 aromatic heterocycles. The van der Waals surface area contributed by atoms with Crippen molar-refractivity contribution in [1.82, 2.24) is 13.8 Å². The third-order valence-corrected chi connectivity index (χ3v) is 11.6. The minimum absolute atomic E-state index is 0. The second-order valence-corrected chi connectivity index (χ2v) is 16.0. The van der Waals surface area contributed by atoms with Gasteiger partial charge in [-0.2, -0.15) is 18.2 Å². The molecule has 0 unspecified atom stereocenters. The van der Waals surface area contributed by atoms with Crippen LogP contribution in [0.3, 0.4) is 0 Å². The number of aromatic nitrogens is 4. The molecule has 5 heterocycles. The van der Waals surface area contributed by atoms with E-state index in [9.17, 15) is 0 Å². The first kappa shape index (κ1) is 34.7. The van der Waals surface area contributed by atoms with Gasteiger partial charge in [-0.3, -0.25) is 4.57 Å². The van der Waals surface area contributed by atoms with Crippen LogP contribution in [0.4, 0.5) is 0 Å². The van der Waals surface area contributed by atoms with E-state index in [1.165, 1.54) is 5.56 Å². The fourth-order valence-corrected chi connectivity index (χ4v) is 8.96. The third-order valence-electron chi connectivity index (χ3n) is 11.6. The average Bonchev–Trinajstić information content (AvgIpc) is 3.79. The number of hydrogen-bond acceptors (Lipinski definition) is 2. The Labute approximate surface area is 348 Å². The molecule has 280 valence electrons. The summed E-state index contributed by atoms with van der Waals surface area (Å²) in [6.07, 6.45) is 3.81. The molecule has 0 aliphatic carbocycles. The number of hydrogen-bond donors (Lipinski definition) is 0. The summed E-state index contributed by atoms with van der Waals surface area (Å²) in [5.74, 6) is 0. The van der Waals surface area contributed by atoms with Crippen LogP contribution in [0.2, 0.25) is 0 Å². The van der Waals surface area contributed by atoms with E-state index in [1.807, 2.05) is 18.2 Å². The van der Waals surface area contributed by atoms with E-state index >= 15 is 0 Å². The summed E-state index contributed by atoms with van der Waals surface area (Å²) in [5, 5.41) is 7.85. The maximum absolute atomic E-state index is 6.64. The Morgan fingerprint density at radius 3 is 2.12 bits per heavy atom. The number of para-hydroxylation sites is 3. The molecule has 0 saturated heterocycles. The fraction of sp³-hybridized carbons (Fsp3) is 0.0769. The second-order valence-electron chi connectivity index (χ2n) is 16.0. The smallest absolute Gasteiger partial charge is 0.268 e. The Balaban J connectivity index is 0.00000385. The molecule has 2 aliphatic heterocycles. The van der Waals surface area contributed by atoms with Crippen molar-refractivity contribution in [2.45, 2.75) is 26.2 Å². The first-order valence-corrected chi connectivity index (χ1v) is 19.4. The number of rotatable bonds is 0. The van der Waals surface area contributed by atoms with Gasteiger partial charge in [0, 0.05) is 43.1 Å². The predicted octanol–water partition coefficient (Wildman–Crippen LogP) is 12.5. The molecule has 7 aromatic carbocycles. The van der Waals surface area contributed by atoms with Gasteiger partial charge >= 0.3 is 0 Å². The molecule has 0 atom stereocenters. The third kappa shape index (κ3) is 5.06. The minimum atomic E-state index is -0.173. The minimum Gasteiger partial charge on any atom is -0.510 e. The van der Waals surface area contributed by atoms with Crippen LogP contribution in [0.25, 0.3) is 104 Å². The molecule has 58 heavy (non-hydrogen) atoms. The van der Waals surface area contributed by atoms with Crippen LogP contribution in [0, 0.1) is 18.5 Å². The molecule has 9 bridgehead atoms. The predicted molar refractivity (Wildman–Crippen MR) is 232 cm³/mol. The molecule has 0 amide bonds. The van der Waals surface area contributed by atoms with Crippen LogP contribution in [0.1, 0.15) is 26.3 Å². The Bertz CT molecular complexity index is 3700. The number of pyridine rings is 1. The second kappa shape index (κ2) is 12.7. The van der Waals surface area contributed by atoms with E-state index in [0.29, 0.717) is 11.2 Å². The van der Waals surface area contributed by atoms with Gasteiger partial charge in [0.2, 0.25) is 0 Å². The van der Waals surface area contributed by atoms with Crippen LogP contribution >= 0.6 is 0 Å². The maximum Gasteiger partial charge on any atom is 0.268 e. The molecule has 5 nitrogen and oxygen atoms in total. The van der Waals surface area contributed by atoms with Crippen LogP contribution in [-0.4, -0.2) is 13.8 Å². The van der Waals surface area contributed by atoms with Crippen molar-refractivity contribution in [1.29, 1.82) is 0 Å². The van der Waals surface area contributed by atoms with Crippen molar-refractivity contribution in [3.8, 4) is 16.8 Å². The van der Waals surface area contributed by atoms with Gasteiger partial charge in [0.25, 0.3) is 6.33 Å². The Kier molecular flexibility index (Phi) is 7.61. The van der Waals surface area contributed by atoms with Gasteiger partial charge in [-0.1, -0.05) is 123 Å². The molecule has 0 saturated carbocycles. The first-order valence-electron chi connectivity index (χ1n) is 19.4. The van der Waals surface area contributed by atoms with Crippen LogP contribution < -0.4 is 4.57 Å². The van der Waals surface area contributed by atoms with E-state index in [2.05, 4.69) is 186 Å². The Morgan fingerprint density at radius 2 is 1.26 bits per heavy atom. The zero-order valence-corrected chi connectivity index (χ0v) is 34.2. The van der Waals surface area contributed by atoms with Crippen LogP contribution in [0.15, 0.2) is 156 Å². The van der Waals surface area contributed by atoms with Crippen molar-refractivity contribution in [3.63, 3.8) is 0 Å². The van der Waals surface area contributed by atoms with Gasteiger partial charge in [0.05, 0.1) is 22.2 Å². The summed E-state index contributed by atoms with van der Waals surface area (Å²) in [6, 6.07) is 61.2. The van der Waals surface area contributed by atoms with Crippen LogP contribution in [0.5, 0.6) is 0 Å². The molecular formula is C52H34N4OPt-2. The number of nitrogens with zero attached hydrogens (tertiary/aromatic N) is 4. The van der Waals surface area contributed by atoms with Crippen molar-refractivity contribution < 1.29 is 30.0 Å². The molecule has 0 N–H and O–H groups in total. The van der Waals surface area contributed by atoms with E-state index in [4.69, 9.17) is 9.40 Å². The van der Waals surface area contributed by atoms with Gasteiger partial charge < -0.3 is 13.2 Å². The van der Waals surface area contributed by atoms with E-state index in [1.54, 1.807) is 0 Å². The Hall–Kier alpha value is -6.55. The number of fused-ring (bicyclic) bond motifs is 16. The summed E-state index contributed by atoms with van der Waals surface area (Å²) in [4.78, 5) is 5.64. The van der Waals surface area contributed by atoms with Gasteiger partial charge in [-0.05, 0) is 78.8 Å². The SMILES string of the molecule is CC(C)(C)c1cc2nc(c1)n1c3[c-]c(ccc3c3ccccc31)oc1[c-]c(ccc1)n1[c-][n+]3c4c(cccc41)c1ccccc1c1cccc2c1-c1ccccc1-3.[Pt]. The zero-order valence-electron chi connectivity index (χ0n) is 31.9. The fourth-order valence-electron chi connectivity index (χ4n) is 8.96. The molecule has 12 rings (SSSR count). The first-order chi connectivity index (χ1) is 27.9. The largest absolute Gasteiger partial charge is 0.510 e. The van der Waals surface area contributed by atoms with Gasteiger partial charge in [0.1, 0.15) is 5.65 Å². The van der Waals surface area contributed by atoms with Crippen molar-refractivity contribution >= 4 is 87.6 Å². The van der Waals surface area contributed by atoms with Crippen LogP contribution in [-0.2, 0) is 26.5 Å². The molecule has 6 heteroatoms. The normalized spacial score (nSPS) is 12.3. The maximum atomic E-state index is 6.64. The number of imidazole rings is 1. The topological polar surface area (TPSA) is 38.7 Å². The molecule has 0 radical (unpaired) electrons. The van der Waals surface area contributed by atoms with E-state index < -0.39 is 0 Å². The monoisotopic (exact) mass is 925 g/mol. The van der Waals surface area contributed by atoms with E-state index in [-0.39, 0.29) is 26.5 Å². The summed E-state index contributed by atoms with van der Waals surface area (Å²) in [6.45, 7) is 6.82. The zero-order chi connectivity index (χ0) is 38.0. The van der Waals surface area contributed by atoms with Crippen molar-refractivity contribution in [2.24, 2.45) is 0 Å². The average molecular weight is 926 g/mol. The summed E-state index contributed by atoms with van der Waals surface area (Å²) in [7, 11) is 0. The summed E-state index contributed by atoms with van der Waals surface area (Å²) >= 11 is 0. The van der Waals surface area contributed by atoms with Gasteiger partial charge in [0.15, 0.2) is 0 Å². The van der Waals surface area contributed by atoms with Crippen molar-refractivity contribution in [3.05, 3.63) is 176 Å². The summed E-state index contributed by atoms with van der Waals surface area (Å²) in [5.41, 5.74) is 12.0. The molecule has 10 aromatic rings. The molecule has 0 fully saturated rings. The number of benzene rings is 7. The van der Waals surface area contributed by atoms with Gasteiger partial charge in [-0.25, -0.2) is 4.98 Å². The Morgan fingerprint density at radius 1 is 0.586 bits per heavy atom. The van der Waals surface area contributed by atoms with E-state index in [0.717, 1.165) is 93.3 Å². The molecule has 0 spiro atoms. The van der Waals surface area contributed by atoms with Gasteiger partial charge in [-0.15, -0.1) is 29.7 Å². The standard InChI is InChI=1S/C52H34N4O.Pt/c1-52(2,3)32-27-44-42-21-11-19-40-36-15-4-5-16-37(36)41-20-12-24-47-51(41)55(45-22-8-7-18-43(45)50(40)42)31-54(47)33-13-10-14-34(29-33)57-35-25-26-39-38-17-6-9-23-46(38)56(48(39)30-35)49(28-32)53-44;/h4-28H,1-3H3;/q-2;. The quantitative estimate of drug-likeness (QED) is 0.112.